The van der Waals surface area contributed by atoms with Gasteiger partial charge in [0.25, 0.3) is 5.91 Å². The largest absolute Gasteiger partial charge is 0.416 e. The number of piperidine rings is 1. The number of benzene rings is 1. The van der Waals surface area contributed by atoms with Crippen LogP contribution in [-0.2, 0) is 20.4 Å². The fraction of sp³-hybridized carbons (Fsp3) is 0.556. The summed E-state index contributed by atoms with van der Waals surface area (Å²) in [4.78, 5) is 25.9. The summed E-state index contributed by atoms with van der Waals surface area (Å²) < 4.78 is 47.7. The van der Waals surface area contributed by atoms with Gasteiger partial charge < -0.3 is 19.7 Å². The average Bonchev–Trinajstić information content (AvgIpc) is 2.65. The number of nitrogens with zero attached hydrogens (tertiary/aromatic N) is 1. The van der Waals surface area contributed by atoms with Gasteiger partial charge in [-0.3, -0.25) is 9.59 Å². The molecule has 9 heteroatoms. The normalized spacial score (nSPS) is 15.6. The Kier molecular flexibility index (Phi) is 7.61. The second kappa shape index (κ2) is 9.70. The molecule has 0 saturated carbocycles. The van der Waals surface area contributed by atoms with E-state index in [9.17, 15) is 22.8 Å². The Labute approximate surface area is 155 Å². The van der Waals surface area contributed by atoms with Crippen LogP contribution in [-0.4, -0.2) is 62.8 Å². The predicted molar refractivity (Wildman–Crippen MR) is 91.2 cm³/mol. The van der Waals surface area contributed by atoms with Gasteiger partial charge in [0, 0.05) is 31.8 Å². The lowest BCUT2D eigenvalue weighted by atomic mass is 10.0. The smallest absolute Gasteiger partial charge is 0.382 e. The molecular weight excluding hydrogens is 365 g/mol. The number of rotatable bonds is 7. The first kappa shape index (κ1) is 21.2. The molecule has 1 aliphatic heterocycles. The number of halogens is 3. The van der Waals surface area contributed by atoms with E-state index in [4.69, 9.17) is 9.47 Å². The van der Waals surface area contributed by atoms with Crippen molar-refractivity contribution in [2.45, 2.75) is 25.1 Å². The summed E-state index contributed by atoms with van der Waals surface area (Å²) in [5.74, 6) is -0.532. The lowest BCUT2D eigenvalue weighted by Crippen LogP contribution is -2.47. The Morgan fingerprint density at radius 2 is 1.78 bits per heavy atom. The molecule has 2 rings (SSSR count). The van der Waals surface area contributed by atoms with Gasteiger partial charge >= 0.3 is 6.18 Å². The fourth-order valence-corrected chi connectivity index (χ4v) is 2.75. The zero-order valence-corrected chi connectivity index (χ0v) is 15.1. The van der Waals surface area contributed by atoms with Crippen molar-refractivity contribution in [3.8, 4) is 0 Å². The van der Waals surface area contributed by atoms with E-state index in [1.165, 1.54) is 0 Å². The molecule has 1 saturated heterocycles. The molecule has 0 bridgehead atoms. The maximum atomic E-state index is 12.6. The number of methoxy groups -OCH3 is 1. The Hall–Kier alpha value is -2.13. The molecule has 2 amide bonds. The molecular formula is C18H23F3N2O4. The summed E-state index contributed by atoms with van der Waals surface area (Å²) in [5, 5.41) is 2.81. The topological polar surface area (TPSA) is 67.9 Å². The maximum Gasteiger partial charge on any atom is 0.416 e. The van der Waals surface area contributed by atoms with E-state index in [-0.39, 0.29) is 24.1 Å². The van der Waals surface area contributed by atoms with E-state index in [1.807, 2.05) is 0 Å². The third-order valence-corrected chi connectivity index (χ3v) is 4.31. The number of ether oxygens (including phenoxy) is 2. The molecule has 1 aromatic rings. The van der Waals surface area contributed by atoms with E-state index < -0.39 is 17.6 Å². The molecule has 0 unspecified atom stereocenters. The molecule has 0 radical (unpaired) electrons. The second-order valence-electron chi connectivity index (χ2n) is 6.25. The number of carbonyl (C=O) groups is 2. The molecule has 6 nitrogen and oxygen atoms in total. The highest BCUT2D eigenvalue weighted by molar-refractivity contribution is 5.94. The SMILES string of the molecule is COCCOCC(=O)N1CCC(NC(=O)c2ccc(C(F)(F)F)cc2)CC1. The van der Waals surface area contributed by atoms with E-state index in [0.717, 1.165) is 24.3 Å². The molecule has 1 fully saturated rings. The van der Waals surface area contributed by atoms with Crippen LogP contribution in [0.5, 0.6) is 0 Å². The number of carbonyl (C=O) groups excluding carboxylic acids is 2. The number of nitrogens with one attached hydrogen (secondary N) is 1. The third kappa shape index (κ3) is 6.51. The summed E-state index contributed by atoms with van der Waals surface area (Å²) in [6, 6.07) is 3.97. The van der Waals surface area contributed by atoms with Crippen molar-refractivity contribution in [3.63, 3.8) is 0 Å². The first-order chi connectivity index (χ1) is 12.8. The molecule has 27 heavy (non-hydrogen) atoms. The molecule has 0 aromatic heterocycles. The van der Waals surface area contributed by atoms with E-state index in [1.54, 1.807) is 12.0 Å². The van der Waals surface area contributed by atoms with Gasteiger partial charge in [0.1, 0.15) is 6.61 Å². The first-order valence-corrected chi connectivity index (χ1v) is 8.64. The number of hydrogen-bond acceptors (Lipinski definition) is 4. The molecule has 1 N–H and O–H groups in total. The number of hydrogen-bond donors (Lipinski definition) is 1. The van der Waals surface area contributed by atoms with Crippen LogP contribution in [0.2, 0.25) is 0 Å². The Morgan fingerprint density at radius 3 is 2.33 bits per heavy atom. The van der Waals surface area contributed by atoms with E-state index >= 15 is 0 Å². The van der Waals surface area contributed by atoms with Gasteiger partial charge in [-0.05, 0) is 37.1 Å². The van der Waals surface area contributed by atoms with Crippen LogP contribution in [0.1, 0.15) is 28.8 Å². The van der Waals surface area contributed by atoms with Gasteiger partial charge in [0.15, 0.2) is 0 Å². The first-order valence-electron chi connectivity index (χ1n) is 8.64. The summed E-state index contributed by atoms with van der Waals surface area (Å²) in [6.45, 7) is 1.74. The van der Waals surface area contributed by atoms with Crippen LogP contribution in [0.3, 0.4) is 0 Å². The maximum absolute atomic E-state index is 12.6. The quantitative estimate of drug-likeness (QED) is 0.727. The molecule has 1 aromatic carbocycles. The molecule has 0 atom stereocenters. The molecule has 1 heterocycles. The standard InChI is InChI=1S/C18H23F3N2O4/c1-26-10-11-27-12-16(24)23-8-6-15(7-9-23)22-17(25)13-2-4-14(5-3-13)18(19,20)21/h2-5,15H,6-12H2,1H3,(H,22,25). The van der Waals surface area contributed by atoms with Gasteiger partial charge in [-0.15, -0.1) is 0 Å². The van der Waals surface area contributed by atoms with Gasteiger partial charge in [0.05, 0.1) is 18.8 Å². The zero-order valence-electron chi connectivity index (χ0n) is 15.1. The van der Waals surface area contributed by atoms with Crippen LogP contribution in [0.15, 0.2) is 24.3 Å². The third-order valence-electron chi connectivity index (χ3n) is 4.31. The second-order valence-corrected chi connectivity index (χ2v) is 6.25. The van der Waals surface area contributed by atoms with Crippen molar-refractivity contribution in [1.82, 2.24) is 10.2 Å². The van der Waals surface area contributed by atoms with Gasteiger partial charge in [-0.2, -0.15) is 13.2 Å². The molecule has 0 spiro atoms. The van der Waals surface area contributed by atoms with Crippen molar-refractivity contribution in [1.29, 1.82) is 0 Å². The Bertz CT molecular complexity index is 626. The molecule has 1 aliphatic rings. The lowest BCUT2D eigenvalue weighted by Gasteiger charge is -2.32. The zero-order chi connectivity index (χ0) is 19.9. The Morgan fingerprint density at radius 1 is 1.15 bits per heavy atom. The minimum Gasteiger partial charge on any atom is -0.382 e. The highest BCUT2D eigenvalue weighted by Crippen LogP contribution is 2.29. The van der Waals surface area contributed by atoms with E-state index in [0.29, 0.717) is 39.1 Å². The van der Waals surface area contributed by atoms with Crippen LogP contribution < -0.4 is 5.32 Å². The summed E-state index contributed by atoms with van der Waals surface area (Å²) in [7, 11) is 1.55. The fourth-order valence-electron chi connectivity index (χ4n) is 2.75. The number of alkyl halides is 3. The van der Waals surface area contributed by atoms with Crippen LogP contribution in [0.4, 0.5) is 13.2 Å². The summed E-state index contributed by atoms with van der Waals surface area (Å²) >= 11 is 0. The monoisotopic (exact) mass is 388 g/mol. The van der Waals surface area contributed by atoms with Crippen molar-refractivity contribution < 1.29 is 32.2 Å². The average molecular weight is 388 g/mol. The highest BCUT2D eigenvalue weighted by Gasteiger charge is 2.30. The van der Waals surface area contributed by atoms with Gasteiger partial charge in [-0.25, -0.2) is 0 Å². The minimum absolute atomic E-state index is 0.00800. The van der Waals surface area contributed by atoms with Crippen molar-refractivity contribution in [3.05, 3.63) is 35.4 Å². The molecule has 150 valence electrons. The predicted octanol–water partition coefficient (Wildman–Crippen LogP) is 2.09. The van der Waals surface area contributed by atoms with Crippen LogP contribution >= 0.6 is 0 Å². The highest BCUT2D eigenvalue weighted by atomic mass is 19.4. The molecule has 0 aliphatic carbocycles. The number of likely N-dealkylation sites (tertiary alicyclic amines) is 1. The van der Waals surface area contributed by atoms with Crippen LogP contribution in [0, 0.1) is 0 Å². The van der Waals surface area contributed by atoms with Crippen molar-refractivity contribution >= 4 is 11.8 Å². The number of amides is 2. The van der Waals surface area contributed by atoms with Gasteiger partial charge in [-0.1, -0.05) is 0 Å². The van der Waals surface area contributed by atoms with Crippen molar-refractivity contribution in [2.24, 2.45) is 0 Å². The summed E-state index contributed by atoms with van der Waals surface area (Å²) in [6.07, 6.45) is -3.27. The lowest BCUT2D eigenvalue weighted by molar-refractivity contribution is -0.138. The summed E-state index contributed by atoms with van der Waals surface area (Å²) in [5.41, 5.74) is -0.619. The van der Waals surface area contributed by atoms with E-state index in [2.05, 4.69) is 5.32 Å². The Balaban J connectivity index is 1.76. The van der Waals surface area contributed by atoms with Crippen molar-refractivity contribution in [2.75, 3.05) is 40.0 Å². The van der Waals surface area contributed by atoms with Crippen LogP contribution in [0.25, 0.3) is 0 Å². The van der Waals surface area contributed by atoms with Gasteiger partial charge in [0.2, 0.25) is 5.91 Å². The minimum atomic E-state index is -4.43.